The van der Waals surface area contributed by atoms with Crippen molar-refractivity contribution >= 4 is 34.9 Å². The van der Waals surface area contributed by atoms with Crippen LogP contribution in [-0.2, 0) is 17.6 Å². The van der Waals surface area contributed by atoms with E-state index in [2.05, 4.69) is 4.57 Å². The molecule has 0 radical (unpaired) electrons. The minimum atomic E-state index is -0.282. The van der Waals surface area contributed by atoms with Gasteiger partial charge in [0.05, 0.1) is 17.7 Å². The third-order valence-corrected chi connectivity index (χ3v) is 7.79. The Bertz CT molecular complexity index is 1320. The molecule has 0 fully saturated rings. The van der Waals surface area contributed by atoms with Gasteiger partial charge in [-0.25, -0.2) is 4.79 Å². The van der Waals surface area contributed by atoms with E-state index in [-0.39, 0.29) is 23.1 Å². The van der Waals surface area contributed by atoms with Crippen molar-refractivity contribution in [3.63, 3.8) is 0 Å². The fraction of sp³-hybridized carbons (Fsp3) is 0.296. The van der Waals surface area contributed by atoms with Crippen molar-refractivity contribution in [1.29, 1.82) is 0 Å². The summed E-state index contributed by atoms with van der Waals surface area (Å²) < 4.78 is 7.49. The van der Waals surface area contributed by atoms with Crippen LogP contribution in [0.1, 0.15) is 78.2 Å². The Morgan fingerprint density at radius 1 is 1.09 bits per heavy atom. The predicted molar refractivity (Wildman–Crippen MR) is 129 cm³/mol. The van der Waals surface area contributed by atoms with Crippen LogP contribution in [0.15, 0.2) is 35.9 Å². The first-order valence-electron chi connectivity index (χ1n) is 11.3. The van der Waals surface area contributed by atoms with Crippen LogP contribution in [0, 0.1) is 13.8 Å². The summed E-state index contributed by atoms with van der Waals surface area (Å²) in [6, 6.07) is 8.91. The SMILES string of the molecule is CCOC(=O)c1c(-n2c(C)cc(C=C3C(=O)c4ccccc4C3=O)c2C)sc2c1CCCC2. The first kappa shape index (κ1) is 21.6. The van der Waals surface area contributed by atoms with Crippen LogP contribution in [0.4, 0.5) is 0 Å². The standard InChI is InChI=1S/C27H25NO4S/c1-4-32-27(31)23-20-11-7-8-12-22(20)33-26(23)28-15(2)13-17(16(28)3)14-21-24(29)18-9-5-6-10-19(18)25(21)30/h5-6,9-10,13-14H,4,7-8,11-12H2,1-3H3. The Hall–Kier alpha value is -3.25. The molecule has 5 rings (SSSR count). The molecule has 3 aromatic rings. The molecule has 5 nitrogen and oxygen atoms in total. The van der Waals surface area contributed by atoms with Crippen LogP contribution in [0.25, 0.3) is 11.1 Å². The molecule has 0 bridgehead atoms. The fourth-order valence-electron chi connectivity index (χ4n) is 4.93. The molecule has 0 spiro atoms. The van der Waals surface area contributed by atoms with Gasteiger partial charge in [0.1, 0.15) is 5.00 Å². The van der Waals surface area contributed by atoms with E-state index in [0.29, 0.717) is 23.3 Å². The molecule has 168 valence electrons. The summed E-state index contributed by atoms with van der Waals surface area (Å²) in [6.07, 6.45) is 5.75. The summed E-state index contributed by atoms with van der Waals surface area (Å²) in [6.45, 7) is 6.09. The van der Waals surface area contributed by atoms with Crippen molar-refractivity contribution in [3.05, 3.63) is 80.0 Å². The molecule has 0 amide bonds. The van der Waals surface area contributed by atoms with Gasteiger partial charge in [-0.1, -0.05) is 24.3 Å². The summed E-state index contributed by atoms with van der Waals surface area (Å²) in [5, 5.41) is 0.868. The van der Waals surface area contributed by atoms with E-state index in [0.717, 1.165) is 53.2 Å². The van der Waals surface area contributed by atoms with Gasteiger partial charge >= 0.3 is 5.97 Å². The van der Waals surface area contributed by atoms with Crippen molar-refractivity contribution in [2.24, 2.45) is 0 Å². The number of hydrogen-bond acceptors (Lipinski definition) is 5. The number of hydrogen-bond donors (Lipinski definition) is 0. The zero-order chi connectivity index (χ0) is 23.3. The molecular formula is C27H25NO4S. The van der Waals surface area contributed by atoms with Gasteiger partial charge < -0.3 is 9.30 Å². The van der Waals surface area contributed by atoms with Crippen molar-refractivity contribution in [3.8, 4) is 5.00 Å². The number of aromatic nitrogens is 1. The number of aryl methyl sites for hydroxylation is 2. The highest BCUT2D eigenvalue weighted by Gasteiger charge is 2.33. The number of ketones is 2. The molecule has 2 heterocycles. The monoisotopic (exact) mass is 459 g/mol. The Labute approximate surface area is 196 Å². The predicted octanol–water partition coefficient (Wildman–Crippen LogP) is 5.67. The minimum absolute atomic E-state index is 0.188. The van der Waals surface area contributed by atoms with E-state index in [1.54, 1.807) is 41.7 Å². The van der Waals surface area contributed by atoms with Crippen molar-refractivity contribution in [2.75, 3.05) is 6.61 Å². The summed E-state index contributed by atoms with van der Waals surface area (Å²) in [5.41, 5.74) is 5.52. The maximum absolute atomic E-state index is 13.0. The number of thiophene rings is 1. The van der Waals surface area contributed by atoms with Crippen LogP contribution in [0.3, 0.4) is 0 Å². The van der Waals surface area contributed by atoms with E-state index in [1.807, 2.05) is 26.8 Å². The van der Waals surface area contributed by atoms with Crippen molar-refractivity contribution in [2.45, 2.75) is 46.5 Å². The van der Waals surface area contributed by atoms with Gasteiger partial charge in [0.2, 0.25) is 0 Å². The molecule has 0 saturated heterocycles. The Kier molecular flexibility index (Phi) is 5.41. The third-order valence-electron chi connectivity index (χ3n) is 6.51. The van der Waals surface area contributed by atoms with Gasteiger partial charge in [0.25, 0.3) is 0 Å². The number of rotatable bonds is 4. The molecule has 33 heavy (non-hydrogen) atoms. The number of ether oxygens (including phenoxy) is 1. The average molecular weight is 460 g/mol. The Balaban J connectivity index is 1.63. The smallest absolute Gasteiger partial charge is 0.341 e. The Morgan fingerprint density at radius 3 is 2.42 bits per heavy atom. The van der Waals surface area contributed by atoms with E-state index in [1.165, 1.54) is 4.88 Å². The third kappa shape index (κ3) is 3.40. The molecule has 0 saturated carbocycles. The van der Waals surface area contributed by atoms with Gasteiger partial charge in [-0.3, -0.25) is 9.59 Å². The van der Waals surface area contributed by atoms with E-state index in [9.17, 15) is 14.4 Å². The number of fused-ring (bicyclic) bond motifs is 2. The summed E-state index contributed by atoms with van der Waals surface area (Å²) >= 11 is 1.65. The largest absolute Gasteiger partial charge is 0.462 e. The van der Waals surface area contributed by atoms with Gasteiger partial charge in [-0.05, 0) is 69.7 Å². The molecule has 2 aliphatic rings. The van der Waals surface area contributed by atoms with Crippen LogP contribution in [-0.4, -0.2) is 28.7 Å². The second kappa shape index (κ2) is 8.27. The lowest BCUT2D eigenvalue weighted by Crippen LogP contribution is -2.12. The van der Waals surface area contributed by atoms with Crippen LogP contribution < -0.4 is 0 Å². The Morgan fingerprint density at radius 2 is 1.76 bits per heavy atom. The normalized spacial score (nSPS) is 14.9. The van der Waals surface area contributed by atoms with E-state index < -0.39 is 0 Å². The van der Waals surface area contributed by atoms with Crippen LogP contribution >= 0.6 is 11.3 Å². The van der Waals surface area contributed by atoms with E-state index in [4.69, 9.17) is 4.74 Å². The maximum atomic E-state index is 13.0. The first-order chi connectivity index (χ1) is 15.9. The zero-order valence-corrected chi connectivity index (χ0v) is 19.8. The molecular weight excluding hydrogens is 434 g/mol. The topological polar surface area (TPSA) is 65.4 Å². The lowest BCUT2D eigenvalue weighted by Gasteiger charge is -2.13. The molecule has 0 unspecified atom stereocenters. The number of nitrogens with zero attached hydrogens (tertiary/aromatic N) is 1. The molecule has 2 aromatic heterocycles. The highest BCUT2D eigenvalue weighted by Crippen LogP contribution is 2.39. The quantitative estimate of drug-likeness (QED) is 0.286. The number of carbonyl (C=O) groups is 3. The van der Waals surface area contributed by atoms with Crippen molar-refractivity contribution < 1.29 is 19.1 Å². The molecule has 0 aliphatic heterocycles. The van der Waals surface area contributed by atoms with Crippen LogP contribution in [0.2, 0.25) is 0 Å². The second-order valence-corrected chi connectivity index (χ2v) is 9.62. The molecule has 0 N–H and O–H groups in total. The highest BCUT2D eigenvalue weighted by molar-refractivity contribution is 7.15. The summed E-state index contributed by atoms with van der Waals surface area (Å²) in [4.78, 5) is 40.0. The lowest BCUT2D eigenvalue weighted by atomic mass is 9.95. The number of carbonyl (C=O) groups excluding carboxylic acids is 3. The second-order valence-electron chi connectivity index (χ2n) is 8.54. The molecule has 2 aliphatic carbocycles. The van der Waals surface area contributed by atoms with Gasteiger partial charge in [-0.2, -0.15) is 0 Å². The number of benzene rings is 1. The zero-order valence-electron chi connectivity index (χ0n) is 19.0. The van der Waals surface area contributed by atoms with E-state index >= 15 is 0 Å². The lowest BCUT2D eigenvalue weighted by molar-refractivity contribution is 0.0525. The van der Waals surface area contributed by atoms with Gasteiger partial charge in [0.15, 0.2) is 11.6 Å². The number of Topliss-reactive ketones (excluding diaryl/α,β-unsaturated/α-hetero) is 2. The maximum Gasteiger partial charge on any atom is 0.341 e. The summed E-state index contributed by atoms with van der Waals surface area (Å²) in [5.74, 6) is -0.755. The fourth-order valence-corrected chi connectivity index (χ4v) is 6.42. The summed E-state index contributed by atoms with van der Waals surface area (Å²) in [7, 11) is 0. The minimum Gasteiger partial charge on any atom is -0.462 e. The molecule has 6 heteroatoms. The highest BCUT2D eigenvalue weighted by atomic mass is 32.1. The number of allylic oxidation sites excluding steroid dienone is 1. The average Bonchev–Trinajstić information content (AvgIpc) is 3.40. The van der Waals surface area contributed by atoms with Gasteiger partial charge in [-0.15, -0.1) is 11.3 Å². The van der Waals surface area contributed by atoms with Crippen molar-refractivity contribution in [1.82, 2.24) is 4.57 Å². The number of esters is 1. The molecule has 0 atom stereocenters. The van der Waals surface area contributed by atoms with Gasteiger partial charge in [0, 0.05) is 27.4 Å². The van der Waals surface area contributed by atoms with Crippen LogP contribution in [0.5, 0.6) is 0 Å². The molecule has 1 aromatic carbocycles. The first-order valence-corrected chi connectivity index (χ1v) is 12.1.